The molecule has 0 heterocycles. The second-order valence-electron chi connectivity index (χ2n) is 4.16. The average Bonchev–Trinajstić information content (AvgIpc) is 2.32. The summed E-state index contributed by atoms with van der Waals surface area (Å²) in [7, 11) is 0. The number of amides is 1. The number of hydrogen-bond donors (Lipinski definition) is 3. The van der Waals surface area contributed by atoms with Gasteiger partial charge in [0.05, 0.1) is 11.4 Å². The predicted octanol–water partition coefficient (Wildman–Crippen LogP) is 2.18. The molecule has 0 spiro atoms. The van der Waals surface area contributed by atoms with Crippen LogP contribution in [-0.4, -0.2) is 30.5 Å². The molecule has 1 rings (SSSR count). The quantitative estimate of drug-likeness (QED) is 0.691. The summed E-state index contributed by atoms with van der Waals surface area (Å²) in [4.78, 5) is 11.6. The van der Waals surface area contributed by atoms with Crippen LogP contribution in [0, 0.1) is 0 Å². The van der Waals surface area contributed by atoms with Crippen molar-refractivity contribution in [2.75, 3.05) is 29.6 Å². The van der Waals surface area contributed by atoms with E-state index in [2.05, 4.69) is 23.8 Å². The van der Waals surface area contributed by atoms with Gasteiger partial charge in [-0.3, -0.25) is 4.79 Å². The molecule has 4 N–H and O–H groups in total. The highest BCUT2D eigenvalue weighted by molar-refractivity contribution is 7.98. The van der Waals surface area contributed by atoms with Crippen LogP contribution in [0.4, 0.5) is 11.4 Å². The number of carbonyl (C=O) groups is 1. The number of nitrogen functional groups attached to an aromatic ring is 1. The Morgan fingerprint density at radius 2 is 2.22 bits per heavy atom. The highest BCUT2D eigenvalue weighted by atomic mass is 32.2. The maximum Gasteiger partial charge on any atom is 0.251 e. The van der Waals surface area contributed by atoms with Gasteiger partial charge in [-0.2, -0.15) is 11.8 Å². The van der Waals surface area contributed by atoms with E-state index in [-0.39, 0.29) is 5.91 Å². The highest BCUT2D eigenvalue weighted by Crippen LogP contribution is 2.21. The van der Waals surface area contributed by atoms with Crippen molar-refractivity contribution in [2.24, 2.45) is 0 Å². The third-order valence-electron chi connectivity index (χ3n) is 2.47. The number of nitrogens with one attached hydrogen (secondary N) is 2. The Hall–Kier alpha value is -1.36. The van der Waals surface area contributed by atoms with E-state index in [9.17, 15) is 4.79 Å². The highest BCUT2D eigenvalue weighted by Gasteiger charge is 2.08. The first kappa shape index (κ1) is 14.7. The van der Waals surface area contributed by atoms with Gasteiger partial charge in [0.25, 0.3) is 5.91 Å². The lowest BCUT2D eigenvalue weighted by Crippen LogP contribution is -2.23. The van der Waals surface area contributed by atoms with Crippen LogP contribution < -0.4 is 16.4 Å². The number of nitrogens with two attached hydrogens (primary N) is 1. The Labute approximate surface area is 113 Å². The molecule has 1 amide bonds. The molecule has 0 fully saturated rings. The zero-order valence-electron chi connectivity index (χ0n) is 11.1. The Bertz CT molecular complexity index is 409. The van der Waals surface area contributed by atoms with E-state index in [1.165, 1.54) is 0 Å². The average molecular weight is 267 g/mol. The van der Waals surface area contributed by atoms with Gasteiger partial charge in [0.15, 0.2) is 0 Å². The van der Waals surface area contributed by atoms with E-state index in [0.29, 0.717) is 23.8 Å². The Balaban J connectivity index is 2.76. The van der Waals surface area contributed by atoms with E-state index in [0.717, 1.165) is 11.4 Å². The van der Waals surface area contributed by atoms with Crippen molar-refractivity contribution in [3.8, 4) is 0 Å². The third kappa shape index (κ3) is 4.14. The molecule has 0 saturated carbocycles. The molecule has 18 heavy (non-hydrogen) atoms. The number of rotatable bonds is 6. The van der Waals surface area contributed by atoms with Gasteiger partial charge < -0.3 is 16.4 Å². The van der Waals surface area contributed by atoms with Gasteiger partial charge in [0.2, 0.25) is 0 Å². The van der Waals surface area contributed by atoms with Crippen molar-refractivity contribution in [3.05, 3.63) is 23.8 Å². The molecule has 1 aromatic carbocycles. The molecule has 0 radical (unpaired) electrons. The predicted molar refractivity (Wildman–Crippen MR) is 80.3 cm³/mol. The molecule has 4 nitrogen and oxygen atoms in total. The monoisotopic (exact) mass is 267 g/mol. The van der Waals surface area contributed by atoms with Crippen LogP contribution in [0.2, 0.25) is 0 Å². The molecule has 0 aliphatic heterocycles. The molecule has 0 aromatic heterocycles. The number of thioether (sulfide) groups is 1. The van der Waals surface area contributed by atoms with Crippen molar-refractivity contribution in [2.45, 2.75) is 19.9 Å². The van der Waals surface area contributed by atoms with Crippen LogP contribution in [0.25, 0.3) is 0 Å². The van der Waals surface area contributed by atoms with Gasteiger partial charge in [-0.05, 0) is 38.3 Å². The molecule has 0 bridgehead atoms. The number of benzene rings is 1. The van der Waals surface area contributed by atoms with Gasteiger partial charge in [-0.25, -0.2) is 0 Å². The van der Waals surface area contributed by atoms with Crippen molar-refractivity contribution in [1.29, 1.82) is 0 Å². The Kier molecular flexibility index (Phi) is 5.85. The van der Waals surface area contributed by atoms with E-state index in [4.69, 9.17) is 5.73 Å². The fourth-order valence-electron chi connectivity index (χ4n) is 1.66. The summed E-state index contributed by atoms with van der Waals surface area (Å²) in [6.07, 6.45) is 2.07. The molecule has 1 atom stereocenters. The number of carbonyl (C=O) groups excluding carboxylic acids is 1. The second-order valence-corrected chi connectivity index (χ2v) is 5.07. The maximum atomic E-state index is 11.6. The van der Waals surface area contributed by atoms with Crippen LogP contribution in [-0.2, 0) is 0 Å². The number of anilines is 2. The van der Waals surface area contributed by atoms with Crippen molar-refractivity contribution in [3.63, 3.8) is 0 Å². The van der Waals surface area contributed by atoms with E-state index < -0.39 is 0 Å². The minimum Gasteiger partial charge on any atom is -0.397 e. The van der Waals surface area contributed by atoms with Crippen LogP contribution in [0.1, 0.15) is 24.2 Å². The summed E-state index contributed by atoms with van der Waals surface area (Å²) >= 11 is 1.78. The first-order chi connectivity index (χ1) is 8.58. The maximum absolute atomic E-state index is 11.6. The molecule has 1 aromatic rings. The molecule has 100 valence electrons. The minimum atomic E-state index is -0.0899. The largest absolute Gasteiger partial charge is 0.397 e. The summed E-state index contributed by atoms with van der Waals surface area (Å²) in [6, 6.07) is 5.70. The normalized spacial score (nSPS) is 11.9. The first-order valence-electron chi connectivity index (χ1n) is 6.01. The van der Waals surface area contributed by atoms with Gasteiger partial charge in [0, 0.05) is 23.9 Å². The second kappa shape index (κ2) is 7.16. The molecular formula is C13H21N3OS. The first-order valence-corrected chi connectivity index (χ1v) is 7.41. The lowest BCUT2D eigenvalue weighted by molar-refractivity contribution is 0.0956. The zero-order chi connectivity index (χ0) is 13.5. The van der Waals surface area contributed by atoms with Gasteiger partial charge in [-0.1, -0.05) is 0 Å². The zero-order valence-corrected chi connectivity index (χ0v) is 11.9. The molecule has 1 unspecified atom stereocenters. The summed E-state index contributed by atoms with van der Waals surface area (Å²) in [5.41, 5.74) is 8.03. The molecule has 0 saturated heterocycles. The van der Waals surface area contributed by atoms with Crippen LogP contribution in [0.3, 0.4) is 0 Å². The van der Waals surface area contributed by atoms with Crippen molar-refractivity contribution < 1.29 is 4.79 Å². The summed E-state index contributed by atoms with van der Waals surface area (Å²) in [5, 5.41) is 6.08. The van der Waals surface area contributed by atoms with E-state index >= 15 is 0 Å². The van der Waals surface area contributed by atoms with Crippen molar-refractivity contribution >= 4 is 29.0 Å². The van der Waals surface area contributed by atoms with Crippen LogP contribution in [0.5, 0.6) is 0 Å². The molecular weight excluding hydrogens is 246 g/mol. The van der Waals surface area contributed by atoms with E-state index in [1.807, 2.05) is 13.0 Å². The lowest BCUT2D eigenvalue weighted by Gasteiger charge is -2.16. The van der Waals surface area contributed by atoms with Gasteiger partial charge in [0.1, 0.15) is 0 Å². The Morgan fingerprint density at radius 3 is 2.78 bits per heavy atom. The fourth-order valence-corrected chi connectivity index (χ4v) is 2.24. The number of hydrogen-bond acceptors (Lipinski definition) is 4. The summed E-state index contributed by atoms with van der Waals surface area (Å²) < 4.78 is 0. The molecule has 5 heteroatoms. The minimum absolute atomic E-state index is 0.0899. The van der Waals surface area contributed by atoms with Crippen molar-refractivity contribution in [1.82, 2.24) is 5.32 Å². The molecule has 0 aliphatic rings. The standard InChI is InChI=1S/C13H21N3OS/c1-4-15-13(17)10-5-6-12(11(14)7-10)16-9(2)8-18-3/h5-7,9,16H,4,8,14H2,1-3H3,(H,15,17). The van der Waals surface area contributed by atoms with Crippen LogP contribution >= 0.6 is 11.8 Å². The summed E-state index contributed by atoms with van der Waals surface area (Å²) in [5.74, 6) is 0.922. The lowest BCUT2D eigenvalue weighted by atomic mass is 10.1. The topological polar surface area (TPSA) is 67.2 Å². The SMILES string of the molecule is CCNC(=O)c1ccc(NC(C)CSC)c(N)c1. The third-order valence-corrected chi connectivity index (χ3v) is 3.30. The molecule has 0 aliphatic carbocycles. The van der Waals surface area contributed by atoms with E-state index in [1.54, 1.807) is 23.9 Å². The Morgan fingerprint density at radius 1 is 1.50 bits per heavy atom. The van der Waals surface area contributed by atoms with Gasteiger partial charge in [-0.15, -0.1) is 0 Å². The van der Waals surface area contributed by atoms with Crippen LogP contribution in [0.15, 0.2) is 18.2 Å². The summed E-state index contributed by atoms with van der Waals surface area (Å²) in [6.45, 7) is 4.61. The fraction of sp³-hybridized carbons (Fsp3) is 0.462. The van der Waals surface area contributed by atoms with Gasteiger partial charge >= 0.3 is 0 Å². The smallest absolute Gasteiger partial charge is 0.251 e.